The molecule has 2 amide bonds. The van der Waals surface area contributed by atoms with Crippen molar-refractivity contribution in [3.63, 3.8) is 0 Å². The van der Waals surface area contributed by atoms with Crippen molar-refractivity contribution < 1.29 is 18.9 Å². The molecule has 3 fully saturated rings. The number of carbonyl (C=O) groups excluding carboxylic acids is 2. The summed E-state index contributed by atoms with van der Waals surface area (Å²) < 4.78 is 25.1. The van der Waals surface area contributed by atoms with E-state index < -0.39 is 19.1 Å². The van der Waals surface area contributed by atoms with E-state index in [1.807, 2.05) is 32.0 Å². The number of hydrogen-bond acceptors (Lipinski definition) is 15. The van der Waals surface area contributed by atoms with Gasteiger partial charge in [-0.2, -0.15) is 10.1 Å². The lowest BCUT2D eigenvalue weighted by Crippen LogP contribution is -2.51. The Morgan fingerprint density at radius 1 is 0.901 bits per heavy atom. The molecule has 0 bridgehead atoms. The first-order valence-corrected chi connectivity index (χ1v) is 28.0. The van der Waals surface area contributed by atoms with Crippen molar-refractivity contribution in [1.82, 2.24) is 44.8 Å². The molecule has 3 aromatic carbocycles. The van der Waals surface area contributed by atoms with Crippen LogP contribution >= 0.6 is 23.1 Å². The number of aryl methyl sites for hydroxylation is 3. The first kappa shape index (κ1) is 49.9. The van der Waals surface area contributed by atoms with Gasteiger partial charge >= 0.3 is 5.69 Å². The number of aromatic nitrogens is 6. The van der Waals surface area contributed by atoms with Crippen molar-refractivity contribution in [3.8, 4) is 5.75 Å². The molecule has 1 unspecified atom stereocenters. The highest BCUT2D eigenvalue weighted by Gasteiger charge is 2.34. The molecule has 376 valence electrons. The standard InChI is InChI=1S/C50H63BrN13O6P/c1-7-31-23-37(57-49-54-27-35(51)46(59-49)56-36-14-13-33-34(45(36)71(5,6)69)26-55-63(8-2)48(33)67)42(70-9-3)24-41(31)61-21-17-32(18-22-61)53-20-19-52-25-30-28-62(29-30)38-11-10-12-39-44(38)60(4)50(68)64(39)40-15-16-43(65)58-47(40)66/h10-14,23-24,26-27,30,32,40,52-53H,7-9,15-22,25,28-29H2,1-6H3,(H,58,65,66)(H2,54,56,57,59). The third-order valence-electron chi connectivity index (χ3n) is 13.9. The molecule has 3 aromatic heterocycles. The summed E-state index contributed by atoms with van der Waals surface area (Å²) in [4.78, 5) is 65.2. The Morgan fingerprint density at radius 2 is 1.69 bits per heavy atom. The zero-order valence-electron chi connectivity index (χ0n) is 41.2. The number of hydrogen-bond donors (Lipinski definition) is 5. The lowest BCUT2D eigenvalue weighted by Gasteiger charge is -2.41. The van der Waals surface area contributed by atoms with Crippen LogP contribution in [0.15, 0.2) is 68.9 Å². The fourth-order valence-electron chi connectivity index (χ4n) is 10.3. The van der Waals surface area contributed by atoms with Crippen LogP contribution in [-0.2, 0) is 34.2 Å². The number of amides is 2. The first-order valence-electron chi connectivity index (χ1n) is 24.6. The van der Waals surface area contributed by atoms with E-state index in [0.717, 1.165) is 87.7 Å². The Morgan fingerprint density at radius 3 is 2.41 bits per heavy atom. The number of benzene rings is 3. The van der Waals surface area contributed by atoms with Gasteiger partial charge in [-0.25, -0.2) is 14.5 Å². The summed E-state index contributed by atoms with van der Waals surface area (Å²) in [7, 11) is -1.16. The maximum atomic E-state index is 13.8. The van der Waals surface area contributed by atoms with Crippen molar-refractivity contribution in [3.05, 3.63) is 85.7 Å². The molecule has 3 aliphatic heterocycles. The van der Waals surface area contributed by atoms with E-state index in [2.05, 4.69) is 81.5 Å². The number of imide groups is 1. The number of anilines is 6. The Balaban J connectivity index is 0.779. The van der Waals surface area contributed by atoms with Gasteiger partial charge in [0.15, 0.2) is 0 Å². The van der Waals surface area contributed by atoms with E-state index >= 15 is 0 Å². The second-order valence-electron chi connectivity index (χ2n) is 19.0. The molecular formula is C50H63BrN13O6P. The molecule has 3 saturated heterocycles. The summed E-state index contributed by atoms with van der Waals surface area (Å²) in [6, 6.07) is 13.3. The zero-order chi connectivity index (χ0) is 50.1. The van der Waals surface area contributed by atoms with Gasteiger partial charge in [-0.3, -0.25) is 28.8 Å². The number of carbonyl (C=O) groups is 2. The van der Waals surface area contributed by atoms with Crippen molar-refractivity contribution in [2.45, 2.75) is 71.5 Å². The summed E-state index contributed by atoms with van der Waals surface area (Å²) in [5.41, 5.74) is 5.67. The highest BCUT2D eigenvalue weighted by atomic mass is 79.9. The lowest BCUT2D eigenvalue weighted by atomic mass is 9.98. The normalized spacial score (nSPS) is 17.0. The number of halogens is 1. The molecule has 0 aliphatic carbocycles. The predicted molar refractivity (Wildman–Crippen MR) is 284 cm³/mol. The maximum Gasteiger partial charge on any atom is 0.329 e. The quantitative estimate of drug-likeness (QED) is 0.0404. The first-order chi connectivity index (χ1) is 34.2. The molecule has 0 saturated carbocycles. The van der Waals surface area contributed by atoms with Crippen molar-refractivity contribution in [1.29, 1.82) is 0 Å². The minimum Gasteiger partial charge on any atom is -0.492 e. The van der Waals surface area contributed by atoms with Crippen LogP contribution in [0, 0.1) is 5.92 Å². The summed E-state index contributed by atoms with van der Waals surface area (Å²) >= 11 is 3.60. The van der Waals surface area contributed by atoms with Gasteiger partial charge in [0.05, 0.1) is 50.8 Å². The van der Waals surface area contributed by atoms with E-state index in [9.17, 15) is 23.7 Å². The maximum absolute atomic E-state index is 13.8. The van der Waals surface area contributed by atoms with Gasteiger partial charge in [-0.05, 0) is 105 Å². The molecule has 71 heavy (non-hydrogen) atoms. The fourth-order valence-corrected chi connectivity index (χ4v) is 12.0. The molecule has 9 rings (SSSR count). The minimum atomic E-state index is -2.91. The van der Waals surface area contributed by atoms with E-state index in [4.69, 9.17) is 9.72 Å². The van der Waals surface area contributed by atoms with Gasteiger partial charge in [0.2, 0.25) is 17.8 Å². The van der Waals surface area contributed by atoms with Crippen LogP contribution in [0.1, 0.15) is 58.1 Å². The van der Waals surface area contributed by atoms with Gasteiger partial charge in [-0.15, -0.1) is 0 Å². The smallest absolute Gasteiger partial charge is 0.329 e. The Bertz CT molecular complexity index is 3170. The van der Waals surface area contributed by atoms with Crippen molar-refractivity contribution in [2.24, 2.45) is 13.0 Å². The van der Waals surface area contributed by atoms with Crippen LogP contribution in [-0.4, -0.2) is 112 Å². The summed E-state index contributed by atoms with van der Waals surface area (Å²) in [5, 5.41) is 22.5. The average molecular weight is 1050 g/mol. The van der Waals surface area contributed by atoms with Crippen LogP contribution in [0.4, 0.5) is 34.5 Å². The van der Waals surface area contributed by atoms with Gasteiger partial charge in [0.1, 0.15) is 24.8 Å². The minimum absolute atomic E-state index is 0.210. The number of para-hydroxylation sites is 1. The molecular weight excluding hydrogens is 990 g/mol. The van der Waals surface area contributed by atoms with Gasteiger partial charge in [-0.1, -0.05) is 13.0 Å². The topological polar surface area (TPSA) is 215 Å². The molecule has 6 aromatic rings. The summed E-state index contributed by atoms with van der Waals surface area (Å²) in [6.07, 6.45) is 6.65. The molecule has 6 heterocycles. The van der Waals surface area contributed by atoms with Crippen molar-refractivity contribution >= 4 is 96.5 Å². The number of rotatable bonds is 18. The number of imidazole rings is 1. The third kappa shape index (κ3) is 10.2. The number of piperidine rings is 2. The highest BCUT2D eigenvalue weighted by Crippen LogP contribution is 2.42. The van der Waals surface area contributed by atoms with E-state index in [0.29, 0.717) is 80.8 Å². The van der Waals surface area contributed by atoms with Crippen LogP contribution in [0.5, 0.6) is 5.75 Å². The van der Waals surface area contributed by atoms with Gasteiger partial charge in [0, 0.05) is 106 Å². The summed E-state index contributed by atoms with van der Waals surface area (Å²) in [5.74, 6) is 1.25. The number of fused-ring (bicyclic) bond motifs is 2. The molecule has 5 N–H and O–H groups in total. The predicted octanol–water partition coefficient (Wildman–Crippen LogP) is 5.58. The van der Waals surface area contributed by atoms with Gasteiger partial charge in [0.25, 0.3) is 5.56 Å². The molecule has 21 heteroatoms. The Labute approximate surface area is 420 Å². The van der Waals surface area contributed by atoms with Crippen LogP contribution < -0.4 is 57.7 Å². The van der Waals surface area contributed by atoms with E-state index in [1.165, 1.54) is 10.2 Å². The van der Waals surface area contributed by atoms with Crippen LogP contribution in [0.3, 0.4) is 0 Å². The molecule has 0 spiro atoms. The third-order valence-corrected chi connectivity index (χ3v) is 16.0. The van der Waals surface area contributed by atoms with Crippen LogP contribution in [0.2, 0.25) is 0 Å². The molecule has 1 atom stereocenters. The average Bonchev–Trinajstić information content (AvgIpc) is 3.59. The lowest BCUT2D eigenvalue weighted by molar-refractivity contribution is -0.135. The molecule has 0 radical (unpaired) electrons. The second-order valence-corrected chi connectivity index (χ2v) is 23.0. The number of nitrogens with zero attached hydrogens (tertiary/aromatic N) is 8. The Hall–Kier alpha value is -6.08. The Kier molecular flexibility index (Phi) is 14.7. The molecule has 19 nitrogen and oxygen atoms in total. The van der Waals surface area contributed by atoms with Crippen LogP contribution in [0.25, 0.3) is 21.8 Å². The molecule has 3 aliphatic rings. The fraction of sp³-hybridized carbons (Fsp3) is 0.460. The highest BCUT2D eigenvalue weighted by molar-refractivity contribution is 9.10. The zero-order valence-corrected chi connectivity index (χ0v) is 43.7. The second kappa shape index (κ2) is 20.9. The summed E-state index contributed by atoms with van der Waals surface area (Å²) in [6.45, 7) is 16.5. The monoisotopic (exact) mass is 1050 g/mol. The largest absolute Gasteiger partial charge is 0.492 e. The van der Waals surface area contributed by atoms with E-state index in [-0.39, 0.29) is 23.6 Å². The van der Waals surface area contributed by atoms with Crippen molar-refractivity contribution in [2.75, 3.05) is 86.2 Å². The number of ether oxygens (including phenoxy) is 1. The SMILES string of the molecule is CCOc1cc(N2CCC(NCCNCC3CN(c4cccc5c4n(C)c(=O)n5C4CCC(=O)NC4=O)C3)CC2)c(CC)cc1Nc1ncc(Br)c(Nc2ccc3c(=O)n(CC)ncc3c2P(C)(C)=O)n1. The van der Waals surface area contributed by atoms with Gasteiger partial charge < -0.3 is 40.4 Å². The van der Waals surface area contributed by atoms with E-state index in [1.54, 1.807) is 54.0 Å². The number of nitrogens with one attached hydrogen (secondary N) is 5.